The summed E-state index contributed by atoms with van der Waals surface area (Å²) in [7, 11) is -3.57. The van der Waals surface area contributed by atoms with E-state index in [1.54, 1.807) is 24.3 Å². The Labute approximate surface area is 170 Å². The summed E-state index contributed by atoms with van der Waals surface area (Å²) in [6.45, 7) is 4.26. The molecule has 154 valence electrons. The van der Waals surface area contributed by atoms with Crippen LogP contribution in [0.15, 0.2) is 47.4 Å². The molecule has 1 N–H and O–H groups in total. The van der Waals surface area contributed by atoms with E-state index in [1.807, 2.05) is 19.9 Å². The lowest BCUT2D eigenvalue weighted by Crippen LogP contribution is -2.28. The lowest BCUT2D eigenvalue weighted by Gasteiger charge is -2.16. The second kappa shape index (κ2) is 8.75. The molecule has 2 aromatic carbocycles. The van der Waals surface area contributed by atoms with Crippen LogP contribution < -0.4 is 5.32 Å². The topological polar surface area (TPSA) is 92.8 Å². The van der Waals surface area contributed by atoms with Crippen LogP contribution in [0, 0.1) is 13.8 Å². The minimum absolute atomic E-state index is 0.129. The van der Waals surface area contributed by atoms with E-state index in [-0.39, 0.29) is 4.90 Å². The zero-order valence-electron chi connectivity index (χ0n) is 16.5. The number of amides is 1. The van der Waals surface area contributed by atoms with Crippen molar-refractivity contribution in [1.82, 2.24) is 4.31 Å². The first-order chi connectivity index (χ1) is 13.8. The summed E-state index contributed by atoms with van der Waals surface area (Å²) in [6, 6.07) is 11.4. The Morgan fingerprint density at radius 1 is 1.07 bits per heavy atom. The molecule has 2 aromatic rings. The maximum atomic E-state index is 12.6. The van der Waals surface area contributed by atoms with Gasteiger partial charge in [-0.15, -0.1) is 0 Å². The van der Waals surface area contributed by atoms with E-state index in [4.69, 9.17) is 4.74 Å². The minimum atomic E-state index is -3.57. The second-order valence-corrected chi connectivity index (χ2v) is 8.95. The molecular weight excluding hydrogens is 392 g/mol. The largest absolute Gasteiger partial charge is 0.452 e. The lowest BCUT2D eigenvalue weighted by molar-refractivity contribution is -0.119. The standard InChI is InChI=1S/C21H24N2O5S/c1-15-7-5-10-19(16(15)2)21(25)28-14-20(24)22-17-8-6-9-18(13-17)29(26,27)23-11-3-4-12-23/h5-10,13H,3-4,11-12,14H2,1-2H3,(H,22,24). The molecule has 1 fully saturated rings. The Morgan fingerprint density at radius 3 is 2.48 bits per heavy atom. The number of nitrogens with zero attached hydrogens (tertiary/aromatic N) is 1. The van der Waals surface area contributed by atoms with Gasteiger partial charge in [0.25, 0.3) is 5.91 Å². The highest BCUT2D eigenvalue weighted by Crippen LogP contribution is 2.23. The van der Waals surface area contributed by atoms with Gasteiger partial charge in [0.15, 0.2) is 6.61 Å². The third-order valence-corrected chi connectivity index (χ3v) is 6.87. The fourth-order valence-electron chi connectivity index (χ4n) is 3.19. The van der Waals surface area contributed by atoms with Gasteiger partial charge in [-0.1, -0.05) is 18.2 Å². The molecule has 0 atom stereocenters. The number of benzene rings is 2. The Balaban J connectivity index is 1.62. The summed E-state index contributed by atoms with van der Waals surface area (Å²) in [5, 5.41) is 2.58. The number of hydrogen-bond acceptors (Lipinski definition) is 5. The van der Waals surface area contributed by atoms with E-state index < -0.39 is 28.5 Å². The van der Waals surface area contributed by atoms with Crippen molar-refractivity contribution < 1.29 is 22.7 Å². The Kier molecular flexibility index (Phi) is 6.34. The minimum Gasteiger partial charge on any atom is -0.452 e. The van der Waals surface area contributed by atoms with Crippen molar-refractivity contribution >= 4 is 27.6 Å². The molecule has 0 unspecified atom stereocenters. The molecule has 0 spiro atoms. The third kappa shape index (κ3) is 4.83. The van der Waals surface area contributed by atoms with Gasteiger partial charge in [-0.3, -0.25) is 4.79 Å². The van der Waals surface area contributed by atoms with Gasteiger partial charge in [0.1, 0.15) is 0 Å². The molecule has 1 heterocycles. The van der Waals surface area contributed by atoms with Crippen molar-refractivity contribution in [3.63, 3.8) is 0 Å². The van der Waals surface area contributed by atoms with Gasteiger partial charge in [-0.05, 0) is 62.1 Å². The predicted molar refractivity (Wildman–Crippen MR) is 109 cm³/mol. The van der Waals surface area contributed by atoms with E-state index in [9.17, 15) is 18.0 Å². The number of hydrogen-bond donors (Lipinski definition) is 1. The number of sulfonamides is 1. The molecule has 1 amide bonds. The SMILES string of the molecule is Cc1cccc(C(=O)OCC(=O)Nc2cccc(S(=O)(=O)N3CCCC3)c2)c1C. The third-order valence-electron chi connectivity index (χ3n) is 4.98. The number of ether oxygens (including phenoxy) is 1. The molecule has 7 nitrogen and oxygen atoms in total. The van der Waals surface area contributed by atoms with Crippen molar-refractivity contribution in [2.24, 2.45) is 0 Å². The van der Waals surface area contributed by atoms with Crippen LogP contribution in [0.3, 0.4) is 0 Å². The summed E-state index contributed by atoms with van der Waals surface area (Å²) in [5.41, 5.74) is 2.51. The van der Waals surface area contributed by atoms with E-state index >= 15 is 0 Å². The normalized spacial score (nSPS) is 14.6. The number of esters is 1. The van der Waals surface area contributed by atoms with Crippen molar-refractivity contribution in [2.75, 3.05) is 25.0 Å². The van der Waals surface area contributed by atoms with Gasteiger partial charge in [-0.2, -0.15) is 4.31 Å². The van der Waals surface area contributed by atoms with Crippen molar-refractivity contribution in [2.45, 2.75) is 31.6 Å². The van der Waals surface area contributed by atoms with Crippen LogP contribution in [-0.2, 0) is 19.6 Å². The van der Waals surface area contributed by atoms with Gasteiger partial charge in [0, 0.05) is 18.8 Å². The van der Waals surface area contributed by atoms with Crippen molar-refractivity contribution in [3.8, 4) is 0 Å². The lowest BCUT2D eigenvalue weighted by atomic mass is 10.0. The van der Waals surface area contributed by atoms with Crippen LogP contribution in [0.2, 0.25) is 0 Å². The van der Waals surface area contributed by atoms with Gasteiger partial charge < -0.3 is 10.1 Å². The van der Waals surface area contributed by atoms with Gasteiger partial charge in [0.05, 0.1) is 10.5 Å². The maximum absolute atomic E-state index is 12.6. The maximum Gasteiger partial charge on any atom is 0.338 e. The Hall–Kier alpha value is -2.71. The average molecular weight is 416 g/mol. The summed E-state index contributed by atoms with van der Waals surface area (Å²) in [5.74, 6) is -1.12. The van der Waals surface area contributed by atoms with E-state index in [0.29, 0.717) is 24.3 Å². The number of rotatable bonds is 6. The van der Waals surface area contributed by atoms with Crippen LogP contribution in [0.4, 0.5) is 5.69 Å². The zero-order valence-corrected chi connectivity index (χ0v) is 17.3. The van der Waals surface area contributed by atoms with Crippen molar-refractivity contribution in [1.29, 1.82) is 0 Å². The zero-order chi connectivity index (χ0) is 21.0. The number of anilines is 1. The molecule has 8 heteroatoms. The summed E-state index contributed by atoms with van der Waals surface area (Å²) < 4.78 is 31.8. The fourth-order valence-corrected chi connectivity index (χ4v) is 4.75. The number of carbonyl (C=O) groups excluding carboxylic acids is 2. The number of nitrogens with one attached hydrogen (secondary N) is 1. The van der Waals surface area contributed by atoms with Crippen LogP contribution in [0.5, 0.6) is 0 Å². The molecule has 1 saturated heterocycles. The Bertz CT molecular complexity index is 1030. The molecule has 0 aliphatic carbocycles. The highest BCUT2D eigenvalue weighted by atomic mass is 32.2. The van der Waals surface area contributed by atoms with E-state index in [0.717, 1.165) is 24.0 Å². The smallest absolute Gasteiger partial charge is 0.338 e. The molecule has 0 aromatic heterocycles. The van der Waals surface area contributed by atoms with E-state index in [1.165, 1.54) is 16.4 Å². The van der Waals surface area contributed by atoms with Gasteiger partial charge in [-0.25, -0.2) is 13.2 Å². The predicted octanol–water partition coefficient (Wildman–Crippen LogP) is 2.88. The Morgan fingerprint density at radius 2 is 1.76 bits per heavy atom. The first-order valence-corrected chi connectivity index (χ1v) is 10.9. The monoisotopic (exact) mass is 416 g/mol. The van der Waals surface area contributed by atoms with Crippen molar-refractivity contribution in [3.05, 3.63) is 59.2 Å². The number of aryl methyl sites for hydroxylation is 1. The molecule has 0 bridgehead atoms. The van der Waals surface area contributed by atoms with Crippen LogP contribution in [-0.4, -0.2) is 44.3 Å². The summed E-state index contributed by atoms with van der Waals surface area (Å²) in [4.78, 5) is 24.5. The van der Waals surface area contributed by atoms with Crippen LogP contribution in [0.25, 0.3) is 0 Å². The van der Waals surface area contributed by atoms with Gasteiger partial charge in [0.2, 0.25) is 10.0 Å². The molecule has 3 rings (SSSR count). The highest BCUT2D eigenvalue weighted by molar-refractivity contribution is 7.89. The van der Waals surface area contributed by atoms with Crippen LogP contribution >= 0.6 is 0 Å². The van der Waals surface area contributed by atoms with Gasteiger partial charge >= 0.3 is 5.97 Å². The molecular formula is C21H24N2O5S. The first-order valence-electron chi connectivity index (χ1n) is 9.42. The summed E-state index contributed by atoms with van der Waals surface area (Å²) >= 11 is 0. The quantitative estimate of drug-likeness (QED) is 0.731. The van der Waals surface area contributed by atoms with E-state index in [2.05, 4.69) is 5.32 Å². The summed E-state index contributed by atoms with van der Waals surface area (Å²) in [6.07, 6.45) is 1.70. The first kappa shape index (κ1) is 21.0. The van der Waals surface area contributed by atoms with Crippen LogP contribution in [0.1, 0.15) is 34.3 Å². The second-order valence-electron chi connectivity index (χ2n) is 7.01. The molecule has 1 aliphatic heterocycles. The fraction of sp³-hybridized carbons (Fsp3) is 0.333. The number of carbonyl (C=O) groups is 2. The molecule has 29 heavy (non-hydrogen) atoms. The average Bonchev–Trinajstić information content (AvgIpc) is 3.24. The molecule has 0 saturated carbocycles. The highest BCUT2D eigenvalue weighted by Gasteiger charge is 2.27. The molecule has 0 radical (unpaired) electrons. The molecule has 1 aliphatic rings.